The Morgan fingerprint density at radius 1 is 1.16 bits per heavy atom. The quantitative estimate of drug-likeness (QED) is 0.576. The predicted molar refractivity (Wildman–Crippen MR) is 64.2 cm³/mol. The third kappa shape index (κ3) is 2.96. The van der Waals surface area contributed by atoms with Crippen molar-refractivity contribution in [2.24, 2.45) is 0 Å². The molecule has 0 aliphatic heterocycles. The molecule has 7 heteroatoms. The Balaban J connectivity index is 2.55. The Labute approximate surface area is 114 Å². The van der Waals surface area contributed by atoms with Crippen molar-refractivity contribution in [3.05, 3.63) is 56.5 Å². The zero-order chi connectivity index (χ0) is 14.2. The Morgan fingerprint density at radius 3 is 2.37 bits per heavy atom. The summed E-state index contributed by atoms with van der Waals surface area (Å²) < 4.78 is 51.6. The van der Waals surface area contributed by atoms with E-state index >= 15 is 0 Å². The average Bonchev–Trinajstić information content (AvgIpc) is 2.73. The van der Waals surface area contributed by atoms with Gasteiger partial charge in [0.25, 0.3) is 0 Å². The molecule has 1 aromatic heterocycles. The average molecular weight is 309 g/mol. The first kappa shape index (κ1) is 14.0. The number of hydrogen-bond donors (Lipinski definition) is 0. The van der Waals surface area contributed by atoms with Crippen LogP contribution in [0.15, 0.2) is 30.3 Å². The van der Waals surface area contributed by atoms with Gasteiger partial charge in [0.2, 0.25) is 5.78 Å². The van der Waals surface area contributed by atoms with E-state index in [2.05, 4.69) is 0 Å². The van der Waals surface area contributed by atoms with E-state index in [9.17, 15) is 22.4 Å². The summed E-state index contributed by atoms with van der Waals surface area (Å²) in [7, 11) is 0. The number of hydrogen-bond acceptors (Lipinski definition) is 2. The molecule has 0 spiro atoms. The fourth-order valence-corrected chi connectivity index (χ4v) is 2.52. The fourth-order valence-electron chi connectivity index (χ4n) is 1.52. The van der Waals surface area contributed by atoms with E-state index in [4.69, 9.17) is 11.6 Å². The van der Waals surface area contributed by atoms with Gasteiger partial charge < -0.3 is 0 Å². The number of carbonyl (C=O) groups is 1. The summed E-state index contributed by atoms with van der Waals surface area (Å²) in [5.41, 5.74) is -1.88. The molecule has 0 aliphatic rings. The smallest absolute Gasteiger partial charge is 0.288 e. The molecule has 0 radical (unpaired) electrons. The summed E-state index contributed by atoms with van der Waals surface area (Å²) in [6, 6.07) is 4.50. The molecule has 0 atom stereocenters. The highest BCUT2D eigenvalue weighted by molar-refractivity contribution is 7.18. The van der Waals surface area contributed by atoms with Crippen LogP contribution in [0.3, 0.4) is 0 Å². The van der Waals surface area contributed by atoms with Crippen molar-refractivity contribution in [3.63, 3.8) is 0 Å². The van der Waals surface area contributed by atoms with E-state index < -0.39 is 28.9 Å². The first-order valence-electron chi connectivity index (χ1n) is 4.96. The second-order valence-corrected chi connectivity index (χ2v) is 5.34. The van der Waals surface area contributed by atoms with E-state index in [0.29, 0.717) is 18.2 Å². The summed E-state index contributed by atoms with van der Waals surface area (Å²) >= 11 is 6.46. The van der Waals surface area contributed by atoms with E-state index in [1.807, 2.05) is 0 Å². The molecule has 2 rings (SSSR count). The van der Waals surface area contributed by atoms with Gasteiger partial charge in [-0.05, 0) is 30.3 Å². The van der Waals surface area contributed by atoms with Gasteiger partial charge in [0.15, 0.2) is 0 Å². The highest BCUT2D eigenvalue weighted by Gasteiger charge is 2.35. The minimum absolute atomic E-state index is 0.0288. The van der Waals surface area contributed by atoms with Crippen molar-refractivity contribution < 1.29 is 22.4 Å². The van der Waals surface area contributed by atoms with Crippen LogP contribution in [0.4, 0.5) is 17.6 Å². The maximum atomic E-state index is 13.1. The van der Waals surface area contributed by atoms with Crippen LogP contribution in [-0.4, -0.2) is 5.78 Å². The molecule has 0 saturated carbocycles. The van der Waals surface area contributed by atoms with Gasteiger partial charge in [-0.3, -0.25) is 4.79 Å². The molecule has 1 nitrogen and oxygen atoms in total. The number of carbonyl (C=O) groups excluding carboxylic acids is 1. The van der Waals surface area contributed by atoms with Gasteiger partial charge in [-0.25, -0.2) is 4.39 Å². The summed E-state index contributed by atoms with van der Waals surface area (Å²) in [6.07, 6.45) is -4.72. The molecule has 0 bridgehead atoms. The molecule has 0 saturated heterocycles. The number of thiophene rings is 1. The molecule has 1 heterocycles. The molecular weight excluding hydrogens is 304 g/mol. The van der Waals surface area contributed by atoms with Crippen molar-refractivity contribution in [1.29, 1.82) is 0 Å². The number of rotatable bonds is 2. The standard InChI is InChI=1S/C12H5ClF4OS/c13-10-4-3-9(19-10)11(18)7-5-6(14)1-2-8(7)12(15,16)17/h1-5H. The second-order valence-electron chi connectivity index (χ2n) is 3.62. The van der Waals surface area contributed by atoms with Crippen LogP contribution < -0.4 is 0 Å². The van der Waals surface area contributed by atoms with Crippen LogP contribution in [0.25, 0.3) is 0 Å². The minimum Gasteiger partial charge on any atom is -0.288 e. The lowest BCUT2D eigenvalue weighted by molar-refractivity contribution is -0.137. The maximum Gasteiger partial charge on any atom is 0.417 e. The Bertz CT molecular complexity index is 633. The number of alkyl halides is 3. The molecular formula is C12H5ClF4OS. The molecule has 0 fully saturated rings. The van der Waals surface area contributed by atoms with Gasteiger partial charge in [0.1, 0.15) is 5.82 Å². The molecule has 2 aromatic rings. The largest absolute Gasteiger partial charge is 0.417 e. The molecule has 19 heavy (non-hydrogen) atoms. The van der Waals surface area contributed by atoms with E-state index in [-0.39, 0.29) is 9.21 Å². The van der Waals surface area contributed by atoms with Gasteiger partial charge >= 0.3 is 6.18 Å². The molecule has 0 unspecified atom stereocenters. The molecule has 100 valence electrons. The third-order valence-electron chi connectivity index (χ3n) is 2.33. The van der Waals surface area contributed by atoms with Crippen LogP contribution in [0.2, 0.25) is 4.34 Å². The highest BCUT2D eigenvalue weighted by Crippen LogP contribution is 2.34. The number of halogens is 5. The van der Waals surface area contributed by atoms with Gasteiger partial charge in [-0.2, -0.15) is 13.2 Å². The van der Waals surface area contributed by atoms with E-state index in [1.165, 1.54) is 12.1 Å². The highest BCUT2D eigenvalue weighted by atomic mass is 35.5. The van der Waals surface area contributed by atoms with Gasteiger partial charge in [-0.15, -0.1) is 11.3 Å². The van der Waals surface area contributed by atoms with Crippen molar-refractivity contribution in [2.75, 3.05) is 0 Å². The third-order valence-corrected chi connectivity index (χ3v) is 3.56. The van der Waals surface area contributed by atoms with Crippen molar-refractivity contribution in [1.82, 2.24) is 0 Å². The van der Waals surface area contributed by atoms with Crippen LogP contribution >= 0.6 is 22.9 Å². The number of benzene rings is 1. The molecule has 1 aromatic carbocycles. The van der Waals surface area contributed by atoms with Crippen molar-refractivity contribution >= 4 is 28.7 Å². The maximum absolute atomic E-state index is 13.1. The van der Waals surface area contributed by atoms with E-state index in [0.717, 1.165) is 11.3 Å². The fraction of sp³-hybridized carbons (Fsp3) is 0.0833. The Kier molecular flexibility index (Phi) is 3.64. The topological polar surface area (TPSA) is 17.1 Å². The lowest BCUT2D eigenvalue weighted by Crippen LogP contribution is -2.13. The summed E-state index contributed by atoms with van der Waals surface area (Å²) in [4.78, 5) is 12.0. The molecule has 0 N–H and O–H groups in total. The van der Waals surface area contributed by atoms with Gasteiger partial charge in [0.05, 0.1) is 14.8 Å². The summed E-state index contributed by atoms with van der Waals surface area (Å²) in [5.74, 6) is -1.80. The van der Waals surface area contributed by atoms with Crippen LogP contribution in [0.5, 0.6) is 0 Å². The van der Waals surface area contributed by atoms with Crippen LogP contribution in [0, 0.1) is 5.82 Å². The Hall–Kier alpha value is -1.40. The van der Waals surface area contributed by atoms with Crippen molar-refractivity contribution in [3.8, 4) is 0 Å². The number of ketones is 1. The lowest BCUT2D eigenvalue weighted by Gasteiger charge is -2.11. The molecule has 0 aliphatic carbocycles. The monoisotopic (exact) mass is 308 g/mol. The predicted octanol–water partition coefficient (Wildman–Crippen LogP) is 4.79. The van der Waals surface area contributed by atoms with Gasteiger partial charge in [-0.1, -0.05) is 11.6 Å². The first-order valence-corrected chi connectivity index (χ1v) is 6.15. The lowest BCUT2D eigenvalue weighted by atomic mass is 10.0. The van der Waals surface area contributed by atoms with Crippen LogP contribution in [-0.2, 0) is 6.18 Å². The second kappa shape index (κ2) is 4.94. The summed E-state index contributed by atoms with van der Waals surface area (Å²) in [6.45, 7) is 0. The molecule has 0 amide bonds. The normalized spacial score (nSPS) is 11.6. The minimum atomic E-state index is -4.72. The first-order chi connectivity index (χ1) is 8.79. The van der Waals surface area contributed by atoms with Gasteiger partial charge in [0, 0.05) is 5.56 Å². The summed E-state index contributed by atoms with van der Waals surface area (Å²) in [5, 5.41) is 0. The zero-order valence-electron chi connectivity index (χ0n) is 9.09. The van der Waals surface area contributed by atoms with Crippen molar-refractivity contribution in [2.45, 2.75) is 6.18 Å². The SMILES string of the molecule is O=C(c1ccc(Cl)s1)c1cc(F)ccc1C(F)(F)F. The van der Waals surface area contributed by atoms with Crippen LogP contribution in [0.1, 0.15) is 20.8 Å². The Morgan fingerprint density at radius 2 is 1.84 bits per heavy atom. The van der Waals surface area contributed by atoms with E-state index in [1.54, 1.807) is 0 Å². The zero-order valence-corrected chi connectivity index (χ0v) is 10.7.